The van der Waals surface area contributed by atoms with Crippen LogP contribution < -0.4 is 9.47 Å². The molecule has 0 aliphatic carbocycles. The second-order valence-electron chi connectivity index (χ2n) is 25.2. The van der Waals surface area contributed by atoms with E-state index in [2.05, 4.69) is 67.1 Å². The highest BCUT2D eigenvalue weighted by atomic mass is 32.2. The zero-order chi connectivity index (χ0) is 83.9. The number of methoxy groups -OCH3 is 4. The molecule has 8 N–H and O–H groups in total. The lowest BCUT2D eigenvalue weighted by Crippen LogP contribution is -2.67. The molecule has 4 fully saturated rings. The number of ether oxygens (including phenoxy) is 15. The van der Waals surface area contributed by atoms with Gasteiger partial charge in [-0.25, -0.2) is 39.7 Å². The molecule has 0 amide bonds. The largest absolute Gasteiger partial charge is 0.497 e. The molecule has 113 heavy (non-hydrogen) atoms. The number of carbonyl (C=O) groups is 4. The van der Waals surface area contributed by atoms with Crippen LogP contribution in [-0.4, -0.2) is 276 Å². The molecule has 0 saturated carbocycles. The van der Waals surface area contributed by atoms with Crippen LogP contribution in [0.1, 0.15) is 65.2 Å². The number of sulfone groups is 1. The summed E-state index contributed by atoms with van der Waals surface area (Å²) in [7, 11) is 1.27. The van der Waals surface area contributed by atoms with Crippen LogP contribution in [0.15, 0.2) is 107 Å². The predicted octanol–water partition coefficient (Wildman–Crippen LogP) is 2.33. The number of esters is 4. The highest BCUT2D eigenvalue weighted by Crippen LogP contribution is 2.39. The second kappa shape index (κ2) is 41.6. The Morgan fingerprint density at radius 3 is 1.19 bits per heavy atom. The van der Waals surface area contributed by atoms with Crippen molar-refractivity contribution in [3.05, 3.63) is 143 Å². The average Bonchev–Trinajstić information content (AvgIpc) is 0.765. The van der Waals surface area contributed by atoms with Crippen molar-refractivity contribution in [3.8, 4) is 17.2 Å². The van der Waals surface area contributed by atoms with E-state index in [0.29, 0.717) is 11.5 Å². The smallest absolute Gasteiger partial charge is 0.475 e. The number of hydrogen-bond acceptors (Lipinski definition) is 35. The highest BCUT2D eigenvalue weighted by Gasteiger charge is 2.63. The lowest BCUT2D eigenvalue weighted by molar-refractivity contribution is -1.00. The highest BCUT2D eigenvalue weighted by molar-refractivity contribution is 7.91. The van der Waals surface area contributed by atoms with Crippen molar-refractivity contribution in [1.82, 2.24) is 0 Å². The SMILES string of the molecule is COC1O[C@@H](COC(C)=O)[C@@H](OC2OC(COC(C)=O)[C@@H](C)[C@H](O)[C@@H]2OC(C)=O)C(O)C1OC(C)=O.COC1O[C@@H](CO[N+](=O)O)[C@@H](OC2OC(CO[N+](=O)O)[C@@H](OC)[C@H](O[N+](=O)O)[C@@H]2O[N+](=O)O)C(O[N+](=O)O)C1O[N+](=O)O.COc1ccc(C(C)(C)c2ccc(Oc3ccc(S(=O)(=O)c4ccc(C)cc4)cc3)cc2)cc1. The van der Waals surface area contributed by atoms with Crippen LogP contribution in [0.5, 0.6) is 17.2 Å². The molecule has 0 spiro atoms. The molecular weight excluding hydrogens is 1550 g/mol. The number of aliphatic hydroxyl groups excluding tert-OH is 2. The molecule has 47 nitrogen and oxygen atoms in total. The molecule has 624 valence electrons. The summed E-state index contributed by atoms with van der Waals surface area (Å²) >= 11 is 0. The minimum Gasteiger partial charge on any atom is -0.497 e. The number of aryl methyl sites for hydroxylation is 1. The normalized spacial score (nSPS) is 27.3. The Hall–Kier alpha value is -10.9. The summed E-state index contributed by atoms with van der Waals surface area (Å²) in [6.07, 6.45) is -31.6. The van der Waals surface area contributed by atoms with E-state index < -0.39 is 200 Å². The fraction of sp³-hybridized carbons (Fsp3) is 0.569. The summed E-state index contributed by atoms with van der Waals surface area (Å²) in [6.45, 7) is 9.89. The molecular formula is C65H88N6O41S+6. The van der Waals surface area contributed by atoms with Gasteiger partial charge in [0.25, 0.3) is 24.4 Å². The van der Waals surface area contributed by atoms with Gasteiger partial charge in [0.2, 0.25) is 22.4 Å². The number of rotatable bonds is 34. The minimum atomic E-state index is -3.56. The Morgan fingerprint density at radius 1 is 0.416 bits per heavy atom. The summed E-state index contributed by atoms with van der Waals surface area (Å²) < 4.78 is 107. The molecule has 0 radical (unpaired) electrons. The average molecular weight is 1640 g/mol. The Morgan fingerprint density at radius 2 is 0.770 bits per heavy atom. The first-order valence-corrected chi connectivity index (χ1v) is 34.9. The van der Waals surface area contributed by atoms with Crippen molar-refractivity contribution in [2.24, 2.45) is 5.92 Å². The maximum absolute atomic E-state index is 12.9. The minimum absolute atomic E-state index is 0.184. The molecule has 4 saturated heterocycles. The van der Waals surface area contributed by atoms with Crippen molar-refractivity contribution in [2.75, 3.05) is 54.9 Å². The van der Waals surface area contributed by atoms with Crippen molar-refractivity contribution < 1.29 is 200 Å². The van der Waals surface area contributed by atoms with Crippen LogP contribution in [-0.2, 0) is 125 Å². The van der Waals surface area contributed by atoms with Crippen LogP contribution in [0.4, 0.5) is 0 Å². The van der Waals surface area contributed by atoms with Crippen molar-refractivity contribution in [3.63, 3.8) is 0 Å². The Kier molecular flexibility index (Phi) is 33.4. The standard InChI is InChI=1S/C29H28O4S.C22H34O14.C14H26N6O23/c1-21-5-17-27(18-6-21)34(30,31)28-19-15-26(16-20-28)33-25-13-9-23(10-14-25)29(2,3)22-7-11-24(32-4)12-8-22;1-9-14(7-30-10(2)23)34-22(19(16(9)27)32-12(4)25)36-18-15(8-31-11(3)24)35-21(29-6)20(17(18)28)33-13(5)26;1-33-7-5(3-35-15(21)22)38-14(12(43-20(31)32)9(7)40-17(25)26)39-8-6(4-36-16(23)24)37-13(34-2)11(42-19(29)30)10(8)41-18(27)28/h5-20H,1-4H3;9,14-22,27-28H,7-8H2,1-6H3;5-14H,3-4H2,1-2H3,(H,21,22)(H,23,24)(H,25,26)(H,27,28)(H,29,30)(H,31,32)/q;;+6/t;9-,14?,15+,16+,17?,18-,19+,20?,21?,22?;5?,6-,7+,8+,9-,10?,11?,12-,13?,14?/m.10/s1. The van der Waals surface area contributed by atoms with Gasteiger partial charge >= 0.3 is 54.4 Å². The van der Waals surface area contributed by atoms with E-state index in [9.17, 15) is 82.9 Å². The first kappa shape index (κ1) is 91.0. The van der Waals surface area contributed by atoms with Gasteiger partial charge in [-0.3, -0.25) is 19.2 Å². The van der Waals surface area contributed by atoms with E-state index in [4.69, 9.17) is 86.7 Å². The van der Waals surface area contributed by atoms with E-state index in [1.54, 1.807) is 62.6 Å². The van der Waals surface area contributed by atoms with E-state index in [-0.39, 0.29) is 28.4 Å². The molecule has 4 aromatic carbocycles. The van der Waals surface area contributed by atoms with Crippen LogP contribution in [0.3, 0.4) is 0 Å². The van der Waals surface area contributed by atoms with Gasteiger partial charge < -0.3 is 81.3 Å². The number of carbonyl (C=O) groups excluding carboxylic acids is 4. The van der Waals surface area contributed by atoms with Gasteiger partial charge in [-0.2, -0.15) is 29.0 Å². The lowest BCUT2D eigenvalue weighted by Gasteiger charge is -2.47. The van der Waals surface area contributed by atoms with Gasteiger partial charge in [-0.05, 0) is 78.7 Å². The van der Waals surface area contributed by atoms with Gasteiger partial charge in [-0.15, -0.1) is 0 Å². The maximum atomic E-state index is 12.9. The van der Waals surface area contributed by atoms with Gasteiger partial charge in [0.15, 0.2) is 38.0 Å². The Bertz CT molecular complexity index is 3980. The summed E-state index contributed by atoms with van der Waals surface area (Å²) in [5, 5.41) is 69.6. The van der Waals surface area contributed by atoms with E-state index in [1.165, 1.54) is 26.5 Å². The molecule has 20 atom stereocenters. The molecule has 4 aliphatic heterocycles. The summed E-state index contributed by atoms with van der Waals surface area (Å²) in [4.78, 5) is 141. The molecule has 8 rings (SSSR count). The first-order valence-electron chi connectivity index (χ1n) is 33.5. The maximum Gasteiger partial charge on any atom is 0.475 e. The van der Waals surface area contributed by atoms with Crippen LogP contribution in [0, 0.1) is 42.3 Å². The fourth-order valence-corrected chi connectivity index (χ4v) is 13.1. The number of nitrogens with zero attached hydrogens (tertiary/aromatic N) is 6. The van der Waals surface area contributed by atoms with E-state index in [0.717, 1.165) is 44.9 Å². The number of benzene rings is 4. The quantitative estimate of drug-likeness (QED) is 0.0189. The molecule has 4 aromatic rings. The second-order valence-corrected chi connectivity index (χ2v) is 27.2. The molecule has 4 aliphatic rings. The molecule has 4 heterocycles. The van der Waals surface area contributed by atoms with Crippen LogP contribution in [0.2, 0.25) is 0 Å². The van der Waals surface area contributed by atoms with Gasteiger partial charge in [0.05, 0.1) is 16.9 Å². The molecule has 10 unspecified atom stereocenters. The number of hydrogen-bond donors (Lipinski definition) is 8. The number of aliphatic hydroxyl groups is 2. The van der Waals surface area contributed by atoms with Gasteiger partial charge in [0.1, 0.15) is 115 Å². The monoisotopic (exact) mass is 1640 g/mol. The zero-order valence-electron chi connectivity index (χ0n) is 62.3. The molecule has 48 heteroatoms. The van der Waals surface area contributed by atoms with Gasteiger partial charge in [0, 0.05) is 60.4 Å². The summed E-state index contributed by atoms with van der Waals surface area (Å²) in [5.41, 5.74) is 3.18. The van der Waals surface area contributed by atoms with Crippen molar-refractivity contribution in [2.45, 2.75) is 187 Å². The zero-order valence-corrected chi connectivity index (χ0v) is 63.1. The first-order chi connectivity index (χ1) is 53.2. The van der Waals surface area contributed by atoms with Crippen molar-refractivity contribution in [1.29, 1.82) is 0 Å². The lowest BCUT2D eigenvalue weighted by atomic mass is 9.78. The third-order valence-corrected chi connectivity index (χ3v) is 19.1. The fourth-order valence-electron chi connectivity index (χ4n) is 11.8. The van der Waals surface area contributed by atoms with E-state index in [1.807, 2.05) is 31.2 Å². The van der Waals surface area contributed by atoms with Crippen molar-refractivity contribution >= 4 is 33.7 Å². The third-order valence-electron chi connectivity index (χ3n) is 17.3. The Labute approximate surface area is 639 Å². The van der Waals surface area contributed by atoms with Crippen LogP contribution in [0.25, 0.3) is 0 Å². The summed E-state index contributed by atoms with van der Waals surface area (Å²) in [6, 6.07) is 29.4. The molecule has 0 bridgehead atoms. The van der Waals surface area contributed by atoms with Gasteiger partial charge in [-0.1, -0.05) is 62.7 Å². The topological polar surface area (TPSA) is 579 Å². The summed E-state index contributed by atoms with van der Waals surface area (Å²) in [5.74, 6) is -1.25. The van der Waals surface area contributed by atoms with E-state index >= 15 is 0 Å². The Balaban J connectivity index is 0.000000266. The molecule has 0 aromatic heterocycles. The van der Waals surface area contributed by atoms with Crippen LogP contribution >= 0.6 is 0 Å². The predicted molar refractivity (Wildman–Crippen MR) is 353 cm³/mol. The third kappa shape index (κ3) is 25.5.